The second-order valence-corrected chi connectivity index (χ2v) is 7.26. The number of primary amides is 1. The number of carbonyl (C=O) groups excluding carboxylic acids is 1. The van der Waals surface area contributed by atoms with Crippen LogP contribution in [0.15, 0.2) is 42.9 Å². The zero-order valence-corrected chi connectivity index (χ0v) is 16.3. The van der Waals surface area contributed by atoms with Gasteiger partial charge in [-0.05, 0) is 31.0 Å². The number of hydrogen-bond acceptors (Lipinski definition) is 7. The van der Waals surface area contributed by atoms with E-state index in [1.54, 1.807) is 41.5 Å². The van der Waals surface area contributed by atoms with Crippen molar-refractivity contribution in [3.63, 3.8) is 0 Å². The number of anilines is 3. The second kappa shape index (κ2) is 8.46. The first kappa shape index (κ1) is 19.8. The Bertz CT molecular complexity index is 1040. The van der Waals surface area contributed by atoms with Crippen LogP contribution < -0.4 is 22.1 Å². The van der Waals surface area contributed by atoms with E-state index < -0.39 is 11.7 Å². The largest absolute Gasteiger partial charge is 0.365 e. The van der Waals surface area contributed by atoms with E-state index in [1.807, 2.05) is 0 Å². The SMILES string of the molecule is NC(=O)c1cc(F)c(NC2CCCCC2N)nc1Nc1ccnc(-n2cccn2)c1. The molecule has 3 heterocycles. The number of rotatable bonds is 6. The van der Waals surface area contributed by atoms with Crippen LogP contribution in [0.4, 0.5) is 21.7 Å². The van der Waals surface area contributed by atoms with Crippen LogP contribution in [0.1, 0.15) is 36.0 Å². The van der Waals surface area contributed by atoms with Crippen molar-refractivity contribution in [3.05, 3.63) is 54.2 Å². The van der Waals surface area contributed by atoms with Crippen LogP contribution in [0.2, 0.25) is 0 Å². The van der Waals surface area contributed by atoms with Gasteiger partial charge in [0.2, 0.25) is 0 Å². The summed E-state index contributed by atoms with van der Waals surface area (Å²) >= 11 is 0. The molecule has 1 aliphatic rings. The zero-order valence-electron chi connectivity index (χ0n) is 16.3. The number of hydrogen-bond donors (Lipinski definition) is 4. The summed E-state index contributed by atoms with van der Waals surface area (Å²) < 4.78 is 16.2. The summed E-state index contributed by atoms with van der Waals surface area (Å²) in [6.45, 7) is 0. The molecule has 10 heteroatoms. The fraction of sp³-hybridized carbons (Fsp3) is 0.300. The highest BCUT2D eigenvalue weighted by atomic mass is 19.1. The summed E-state index contributed by atoms with van der Waals surface area (Å²) in [4.78, 5) is 20.5. The van der Waals surface area contributed by atoms with Crippen LogP contribution in [-0.2, 0) is 0 Å². The molecule has 1 fully saturated rings. The van der Waals surface area contributed by atoms with E-state index in [2.05, 4.69) is 25.7 Å². The maximum absolute atomic E-state index is 14.6. The third-order valence-corrected chi connectivity index (χ3v) is 5.13. The average Bonchev–Trinajstić information content (AvgIpc) is 3.27. The molecule has 0 aliphatic heterocycles. The summed E-state index contributed by atoms with van der Waals surface area (Å²) in [6, 6.07) is 6.14. The average molecular weight is 410 g/mol. The predicted molar refractivity (Wildman–Crippen MR) is 111 cm³/mol. The number of halogens is 1. The number of nitrogens with one attached hydrogen (secondary N) is 2. The molecule has 1 amide bonds. The van der Waals surface area contributed by atoms with Crippen LogP contribution in [-0.4, -0.2) is 37.7 Å². The van der Waals surface area contributed by atoms with Crippen LogP contribution >= 0.6 is 0 Å². The summed E-state index contributed by atoms with van der Waals surface area (Å²) in [7, 11) is 0. The molecule has 4 rings (SSSR count). The minimum atomic E-state index is -0.786. The molecule has 3 aromatic heterocycles. The van der Waals surface area contributed by atoms with E-state index in [-0.39, 0.29) is 29.3 Å². The van der Waals surface area contributed by atoms with Crippen LogP contribution in [0.5, 0.6) is 0 Å². The summed E-state index contributed by atoms with van der Waals surface area (Å²) in [6.07, 6.45) is 8.77. The lowest BCUT2D eigenvalue weighted by atomic mass is 9.91. The van der Waals surface area contributed by atoms with Crippen LogP contribution in [0.25, 0.3) is 5.82 Å². The van der Waals surface area contributed by atoms with Crippen molar-refractivity contribution in [1.82, 2.24) is 19.7 Å². The minimum Gasteiger partial charge on any atom is -0.365 e. The topological polar surface area (TPSA) is 137 Å². The zero-order chi connectivity index (χ0) is 21.1. The highest BCUT2D eigenvalue weighted by molar-refractivity contribution is 5.98. The Labute approximate surface area is 172 Å². The van der Waals surface area contributed by atoms with E-state index in [1.165, 1.54) is 0 Å². The Morgan fingerprint density at radius 3 is 2.77 bits per heavy atom. The van der Waals surface area contributed by atoms with Crippen LogP contribution in [0.3, 0.4) is 0 Å². The van der Waals surface area contributed by atoms with Gasteiger partial charge in [0.25, 0.3) is 5.91 Å². The molecule has 156 valence electrons. The second-order valence-electron chi connectivity index (χ2n) is 7.26. The predicted octanol–water partition coefficient (Wildman–Crippen LogP) is 2.33. The molecule has 9 nitrogen and oxygen atoms in total. The lowest BCUT2D eigenvalue weighted by Crippen LogP contribution is -2.43. The van der Waals surface area contributed by atoms with Crippen molar-refractivity contribution in [2.24, 2.45) is 11.5 Å². The Morgan fingerprint density at radius 2 is 2.03 bits per heavy atom. The summed E-state index contributed by atoms with van der Waals surface area (Å²) in [5, 5.41) is 10.3. The summed E-state index contributed by atoms with van der Waals surface area (Å²) in [5.74, 6) is -0.691. The fourth-order valence-corrected chi connectivity index (χ4v) is 3.55. The standard InChI is InChI=1S/C20H23FN8O/c21-14-11-13(18(23)30)19(28-20(14)27-16-5-2-1-4-15(16)22)26-12-6-8-24-17(10-12)29-9-3-7-25-29/h3,6-11,15-16H,1-2,4-5,22H2,(H2,23,30)(H2,24,26,27,28). The van der Waals surface area contributed by atoms with Crippen molar-refractivity contribution in [3.8, 4) is 5.82 Å². The maximum Gasteiger partial charge on any atom is 0.252 e. The van der Waals surface area contributed by atoms with Crippen molar-refractivity contribution >= 4 is 23.2 Å². The molecule has 2 atom stereocenters. The number of nitrogens with two attached hydrogens (primary N) is 2. The number of aromatic nitrogens is 4. The third-order valence-electron chi connectivity index (χ3n) is 5.13. The van der Waals surface area contributed by atoms with Crippen molar-refractivity contribution in [1.29, 1.82) is 0 Å². The molecule has 1 aliphatic carbocycles. The number of pyridine rings is 2. The van der Waals surface area contributed by atoms with Gasteiger partial charge < -0.3 is 22.1 Å². The summed E-state index contributed by atoms with van der Waals surface area (Å²) in [5.41, 5.74) is 12.2. The molecule has 0 radical (unpaired) electrons. The lowest BCUT2D eigenvalue weighted by molar-refractivity contribution is 0.100. The molecule has 30 heavy (non-hydrogen) atoms. The maximum atomic E-state index is 14.6. The molecule has 3 aromatic rings. The van der Waals surface area contributed by atoms with Gasteiger partial charge in [0.1, 0.15) is 5.82 Å². The minimum absolute atomic E-state index is 0.0335. The quantitative estimate of drug-likeness (QED) is 0.489. The first-order valence-corrected chi connectivity index (χ1v) is 9.77. The normalized spacial score (nSPS) is 18.7. The molecule has 0 aromatic carbocycles. The smallest absolute Gasteiger partial charge is 0.252 e. The molecule has 6 N–H and O–H groups in total. The van der Waals surface area contributed by atoms with Gasteiger partial charge >= 0.3 is 0 Å². The molecule has 2 unspecified atom stereocenters. The van der Waals surface area contributed by atoms with E-state index >= 15 is 0 Å². The Kier molecular flexibility index (Phi) is 5.57. The monoisotopic (exact) mass is 410 g/mol. The van der Waals surface area contributed by atoms with E-state index in [9.17, 15) is 9.18 Å². The van der Waals surface area contributed by atoms with Gasteiger partial charge in [-0.1, -0.05) is 12.8 Å². The van der Waals surface area contributed by atoms with Crippen LogP contribution in [0, 0.1) is 5.82 Å². The molecule has 0 saturated heterocycles. The highest BCUT2D eigenvalue weighted by Crippen LogP contribution is 2.27. The molecular formula is C20H23FN8O. The fourth-order valence-electron chi connectivity index (χ4n) is 3.55. The van der Waals surface area contributed by atoms with Gasteiger partial charge in [-0.3, -0.25) is 4.79 Å². The Balaban J connectivity index is 1.64. The van der Waals surface area contributed by atoms with Crippen molar-refractivity contribution in [2.45, 2.75) is 37.8 Å². The lowest BCUT2D eigenvalue weighted by Gasteiger charge is -2.30. The Morgan fingerprint density at radius 1 is 1.20 bits per heavy atom. The van der Waals surface area contributed by atoms with E-state index in [0.717, 1.165) is 31.7 Å². The van der Waals surface area contributed by atoms with Crippen molar-refractivity contribution < 1.29 is 9.18 Å². The number of nitrogens with zero attached hydrogens (tertiary/aromatic N) is 4. The Hall–Kier alpha value is -3.53. The number of carbonyl (C=O) groups is 1. The van der Waals surface area contributed by atoms with Crippen molar-refractivity contribution in [2.75, 3.05) is 10.6 Å². The highest BCUT2D eigenvalue weighted by Gasteiger charge is 2.24. The molecule has 1 saturated carbocycles. The molecule has 0 spiro atoms. The third kappa shape index (κ3) is 4.23. The first-order valence-electron chi connectivity index (χ1n) is 9.77. The number of amides is 1. The molecular weight excluding hydrogens is 387 g/mol. The van der Waals surface area contributed by atoms with Gasteiger partial charge in [0.05, 0.1) is 5.56 Å². The first-order chi connectivity index (χ1) is 14.5. The van der Waals surface area contributed by atoms with Gasteiger partial charge in [-0.2, -0.15) is 5.10 Å². The van der Waals surface area contributed by atoms with Gasteiger partial charge in [0.15, 0.2) is 17.5 Å². The van der Waals surface area contributed by atoms with Gasteiger partial charge in [-0.25, -0.2) is 19.0 Å². The van der Waals surface area contributed by atoms with Gasteiger partial charge in [0, 0.05) is 42.4 Å². The molecule has 0 bridgehead atoms. The van der Waals surface area contributed by atoms with E-state index in [0.29, 0.717) is 11.5 Å². The van der Waals surface area contributed by atoms with Gasteiger partial charge in [-0.15, -0.1) is 0 Å². The van der Waals surface area contributed by atoms with E-state index in [4.69, 9.17) is 11.5 Å².